The minimum atomic E-state index is -0.422. The van der Waals surface area contributed by atoms with E-state index in [0.29, 0.717) is 5.75 Å². The van der Waals surface area contributed by atoms with Gasteiger partial charge < -0.3 is 4.74 Å². The highest BCUT2D eigenvalue weighted by molar-refractivity contribution is 7.99. The van der Waals surface area contributed by atoms with Gasteiger partial charge in [-0.15, -0.1) is 11.8 Å². The Morgan fingerprint density at radius 3 is 2.93 bits per heavy atom. The van der Waals surface area contributed by atoms with E-state index in [4.69, 9.17) is 4.74 Å². The third kappa shape index (κ3) is 2.92. The lowest BCUT2D eigenvalue weighted by Crippen LogP contribution is -2.03. The van der Waals surface area contributed by atoms with Crippen molar-refractivity contribution >= 4 is 17.7 Å². The van der Waals surface area contributed by atoms with Gasteiger partial charge in [-0.1, -0.05) is 25.6 Å². The molecule has 1 aromatic carbocycles. The summed E-state index contributed by atoms with van der Waals surface area (Å²) in [4.78, 5) is 12.0. The predicted octanol–water partition coefficient (Wildman–Crippen LogP) is 2.89. The molecule has 3 heteroatoms. The minimum Gasteiger partial charge on any atom is -0.422 e. The van der Waals surface area contributed by atoms with Crippen LogP contribution in [0.3, 0.4) is 0 Å². The first-order valence-corrected chi connectivity index (χ1v) is 5.32. The van der Waals surface area contributed by atoms with E-state index >= 15 is 0 Å². The number of rotatable bonds is 4. The summed E-state index contributed by atoms with van der Waals surface area (Å²) >= 11 is 1.64. The first kappa shape index (κ1) is 10.9. The zero-order valence-corrected chi connectivity index (χ0v) is 8.84. The molecule has 0 atom stereocenters. The summed E-state index contributed by atoms with van der Waals surface area (Å²) in [6.45, 7) is 5.40. The van der Waals surface area contributed by atoms with Gasteiger partial charge in [-0.2, -0.15) is 0 Å². The van der Waals surface area contributed by atoms with Crippen LogP contribution in [0.2, 0.25) is 0 Å². The van der Waals surface area contributed by atoms with Crippen molar-refractivity contribution in [2.75, 3.05) is 5.75 Å². The third-order valence-corrected chi connectivity index (χ3v) is 2.46. The number of thioether (sulfide) groups is 1. The number of carbonyl (C=O) groups excluding carboxylic acids is 1. The van der Waals surface area contributed by atoms with Crippen LogP contribution in [0.25, 0.3) is 0 Å². The quantitative estimate of drug-likeness (QED) is 0.329. The van der Waals surface area contributed by atoms with Crippen molar-refractivity contribution in [2.45, 2.75) is 11.8 Å². The molecule has 0 fully saturated rings. The van der Waals surface area contributed by atoms with E-state index in [2.05, 4.69) is 13.5 Å². The minimum absolute atomic E-state index is 0.422. The first-order valence-electron chi connectivity index (χ1n) is 4.34. The topological polar surface area (TPSA) is 26.3 Å². The van der Waals surface area contributed by atoms with Gasteiger partial charge in [-0.05, 0) is 17.9 Å². The maximum absolute atomic E-state index is 11.0. The number of carbonyl (C=O) groups is 1. The average Bonchev–Trinajstić information content (AvgIpc) is 2.21. The Hall–Kier alpha value is -1.22. The van der Waals surface area contributed by atoms with Gasteiger partial charge in [-0.3, -0.25) is 0 Å². The number of ether oxygens (including phenoxy) is 1. The van der Waals surface area contributed by atoms with E-state index in [1.165, 1.54) is 0 Å². The normalized spacial score (nSPS) is 9.50. The van der Waals surface area contributed by atoms with Crippen LogP contribution in [0.4, 0.5) is 0 Å². The Kier molecular flexibility index (Phi) is 4.26. The lowest BCUT2D eigenvalue weighted by Gasteiger charge is -2.06. The van der Waals surface area contributed by atoms with Crippen LogP contribution in [0.15, 0.2) is 41.8 Å². The SMILES string of the molecule is C=CC(=O)Oc1ccccc1SCC. The van der Waals surface area contributed by atoms with Crippen molar-refractivity contribution < 1.29 is 9.53 Å². The molecule has 74 valence electrons. The van der Waals surface area contributed by atoms with Crippen molar-refractivity contribution in [3.05, 3.63) is 36.9 Å². The number of esters is 1. The summed E-state index contributed by atoms with van der Waals surface area (Å²) in [5.41, 5.74) is 0. The molecule has 0 heterocycles. The van der Waals surface area contributed by atoms with Crippen molar-refractivity contribution in [1.82, 2.24) is 0 Å². The van der Waals surface area contributed by atoms with E-state index in [1.807, 2.05) is 18.2 Å². The summed E-state index contributed by atoms with van der Waals surface area (Å²) in [6.07, 6.45) is 1.16. The average molecular weight is 208 g/mol. The fraction of sp³-hybridized carbons (Fsp3) is 0.182. The molecule has 0 spiro atoms. The van der Waals surface area contributed by atoms with Gasteiger partial charge >= 0.3 is 5.97 Å². The van der Waals surface area contributed by atoms with E-state index in [-0.39, 0.29) is 0 Å². The second kappa shape index (κ2) is 5.50. The maximum Gasteiger partial charge on any atom is 0.335 e. The highest BCUT2D eigenvalue weighted by Crippen LogP contribution is 2.28. The fourth-order valence-corrected chi connectivity index (χ4v) is 1.70. The number of hydrogen-bond donors (Lipinski definition) is 0. The van der Waals surface area contributed by atoms with Gasteiger partial charge in [0, 0.05) is 6.08 Å². The predicted molar refractivity (Wildman–Crippen MR) is 58.7 cm³/mol. The van der Waals surface area contributed by atoms with Crippen LogP contribution >= 0.6 is 11.8 Å². The summed E-state index contributed by atoms with van der Waals surface area (Å²) in [5, 5.41) is 0. The summed E-state index contributed by atoms with van der Waals surface area (Å²) in [6, 6.07) is 7.47. The molecule has 0 aliphatic rings. The zero-order chi connectivity index (χ0) is 10.4. The van der Waals surface area contributed by atoms with Gasteiger partial charge in [-0.25, -0.2) is 4.79 Å². The fourth-order valence-electron chi connectivity index (χ4n) is 0.959. The molecule has 0 N–H and O–H groups in total. The lowest BCUT2D eigenvalue weighted by atomic mass is 10.3. The molecule has 0 saturated heterocycles. The number of benzene rings is 1. The van der Waals surface area contributed by atoms with Gasteiger partial charge in [0.05, 0.1) is 4.90 Å². The molecule has 14 heavy (non-hydrogen) atoms. The van der Waals surface area contributed by atoms with Crippen molar-refractivity contribution in [3.8, 4) is 5.75 Å². The molecule has 0 radical (unpaired) electrons. The van der Waals surface area contributed by atoms with Crippen molar-refractivity contribution in [2.24, 2.45) is 0 Å². The summed E-state index contributed by atoms with van der Waals surface area (Å²) < 4.78 is 5.07. The monoisotopic (exact) mass is 208 g/mol. The molecule has 1 rings (SSSR count). The highest BCUT2D eigenvalue weighted by Gasteiger charge is 2.05. The Morgan fingerprint density at radius 1 is 1.57 bits per heavy atom. The zero-order valence-electron chi connectivity index (χ0n) is 8.03. The van der Waals surface area contributed by atoms with Crippen LogP contribution in [0.1, 0.15) is 6.92 Å². The van der Waals surface area contributed by atoms with Gasteiger partial charge in [0.25, 0.3) is 0 Å². The second-order valence-corrected chi connectivity index (χ2v) is 3.81. The van der Waals surface area contributed by atoms with E-state index in [9.17, 15) is 4.79 Å². The second-order valence-electron chi connectivity index (χ2n) is 2.50. The summed E-state index contributed by atoms with van der Waals surface area (Å²) in [7, 11) is 0. The Morgan fingerprint density at radius 2 is 2.29 bits per heavy atom. The standard InChI is InChI=1S/C11H12O2S/c1-3-11(12)13-9-7-5-6-8-10(9)14-4-2/h3,5-8H,1,4H2,2H3. The Balaban J connectivity index is 2.83. The molecule has 2 nitrogen and oxygen atoms in total. The van der Waals surface area contributed by atoms with Crippen LogP contribution in [-0.4, -0.2) is 11.7 Å². The van der Waals surface area contributed by atoms with Crippen molar-refractivity contribution in [3.63, 3.8) is 0 Å². The van der Waals surface area contributed by atoms with Crippen LogP contribution in [-0.2, 0) is 4.79 Å². The van der Waals surface area contributed by atoms with E-state index in [1.54, 1.807) is 17.8 Å². The van der Waals surface area contributed by atoms with Crippen LogP contribution in [0.5, 0.6) is 5.75 Å². The highest BCUT2D eigenvalue weighted by atomic mass is 32.2. The number of para-hydroxylation sites is 1. The molecular formula is C11H12O2S. The Bertz CT molecular complexity index is 334. The molecule has 1 aromatic rings. The van der Waals surface area contributed by atoms with E-state index < -0.39 is 5.97 Å². The van der Waals surface area contributed by atoms with Gasteiger partial charge in [0.15, 0.2) is 0 Å². The summed E-state index contributed by atoms with van der Waals surface area (Å²) in [5.74, 6) is 1.13. The maximum atomic E-state index is 11.0. The van der Waals surface area contributed by atoms with E-state index in [0.717, 1.165) is 16.7 Å². The van der Waals surface area contributed by atoms with Crippen molar-refractivity contribution in [1.29, 1.82) is 0 Å². The van der Waals surface area contributed by atoms with Gasteiger partial charge in [0.2, 0.25) is 0 Å². The third-order valence-electron chi connectivity index (χ3n) is 1.53. The molecule has 0 saturated carbocycles. The smallest absolute Gasteiger partial charge is 0.335 e. The Labute approximate surface area is 88.0 Å². The first-order chi connectivity index (χ1) is 6.77. The molecule has 0 aromatic heterocycles. The molecular weight excluding hydrogens is 196 g/mol. The molecule has 0 amide bonds. The molecule has 0 aliphatic heterocycles. The largest absolute Gasteiger partial charge is 0.422 e. The molecule has 0 aliphatic carbocycles. The molecule has 0 bridgehead atoms. The van der Waals surface area contributed by atoms with Gasteiger partial charge in [0.1, 0.15) is 5.75 Å². The molecule has 0 unspecified atom stereocenters. The number of hydrogen-bond acceptors (Lipinski definition) is 3. The van der Waals surface area contributed by atoms with Crippen LogP contribution in [0, 0.1) is 0 Å². The lowest BCUT2D eigenvalue weighted by molar-refractivity contribution is -0.129. The van der Waals surface area contributed by atoms with Crippen LogP contribution < -0.4 is 4.74 Å².